The fourth-order valence-corrected chi connectivity index (χ4v) is 21.4. The van der Waals surface area contributed by atoms with Crippen LogP contribution >= 0.6 is 46.4 Å². The van der Waals surface area contributed by atoms with E-state index in [1.165, 1.54) is 58.5 Å². The zero-order valence-corrected chi connectivity index (χ0v) is 82.6. The van der Waals surface area contributed by atoms with E-state index >= 15 is 0 Å². The van der Waals surface area contributed by atoms with Crippen molar-refractivity contribution in [3.05, 3.63) is 270 Å². The summed E-state index contributed by atoms with van der Waals surface area (Å²) in [7, 11) is 1.46. The van der Waals surface area contributed by atoms with Crippen LogP contribution in [0.4, 0.5) is 52.7 Å². The van der Waals surface area contributed by atoms with Crippen LogP contribution in [0.15, 0.2) is 97.1 Å². The van der Waals surface area contributed by atoms with Gasteiger partial charge in [-0.3, -0.25) is 0 Å². The van der Waals surface area contributed by atoms with Gasteiger partial charge in [-0.25, -0.2) is 52.7 Å². The number of ether oxygens (including phenoxy) is 1. The second-order valence-corrected chi connectivity index (χ2v) is 41.8. The molecule has 1 nitrogen and oxygen atoms in total. The summed E-state index contributed by atoms with van der Waals surface area (Å²) >= 11 is 24.1. The van der Waals surface area contributed by atoms with Crippen LogP contribution in [0.3, 0.4) is 0 Å². The molecule has 0 aromatic heterocycles. The van der Waals surface area contributed by atoms with Crippen LogP contribution in [0.1, 0.15) is 403 Å². The minimum absolute atomic E-state index is 0. The first-order valence-electron chi connectivity index (χ1n) is 48.4. The molecule has 0 atom stereocenters. The van der Waals surface area contributed by atoms with E-state index in [0.717, 1.165) is 235 Å². The lowest BCUT2D eigenvalue weighted by atomic mass is 9.79. The number of aryl methyl sites for hydroxylation is 7. The highest BCUT2D eigenvalue weighted by atomic mass is 35.5. The number of rotatable bonds is 9. The molecule has 8 saturated carbocycles. The van der Waals surface area contributed by atoms with Crippen molar-refractivity contribution in [2.45, 2.75) is 357 Å². The molecule has 726 valence electrons. The summed E-state index contributed by atoms with van der Waals surface area (Å²) in [5, 5.41) is 1.19. The first-order valence-corrected chi connectivity index (χ1v) is 49.9. The van der Waals surface area contributed by atoms with E-state index < -0.39 is 52.4 Å². The summed E-state index contributed by atoms with van der Waals surface area (Å²) in [5.74, 6) is 2.55. The van der Waals surface area contributed by atoms with Crippen molar-refractivity contribution < 1.29 is 68.8 Å². The molecule has 17 heteroatoms. The van der Waals surface area contributed by atoms with E-state index in [-0.39, 0.29) is 63.3 Å². The van der Waals surface area contributed by atoms with Gasteiger partial charge in [-0.15, -0.1) is 0 Å². The minimum Gasteiger partial charge on any atom is -0.494 e. The summed E-state index contributed by atoms with van der Waals surface area (Å²) in [5.41, 5.74) is 9.78. The summed E-state index contributed by atoms with van der Waals surface area (Å²) in [6, 6.07) is 28.9. The van der Waals surface area contributed by atoms with Crippen molar-refractivity contribution in [3.8, 4) is 5.75 Å². The third kappa shape index (κ3) is 29.4. The summed E-state index contributed by atoms with van der Waals surface area (Å²) in [6.45, 7) is 29.9. The monoisotopic (exact) mass is 1890 g/mol. The lowest BCUT2D eigenvalue weighted by Crippen LogP contribution is -2.13. The third-order valence-corrected chi connectivity index (χ3v) is 31.8. The Bertz CT molecular complexity index is 4170. The standard InChI is InChI=1S/C14H18ClFO.3C14H18ClF.4C14H18F2.8H2/c1-9-3-5-10(6-4-9)11-7-8-12(17-2)14(16)13(11)15;1-9-3-6-11(7-4-9)12-8-5-10(2)14(16)13(12)15;6*1-9-3-6-11(7-4-9)12-8-5-10(2)13(15)14(12)16;;;;;;;;/h7-10H,3-6H2,1-2H3;7*5,8-9,11H,3-4,6-7H2,1-2H3;8*1H. The lowest BCUT2D eigenvalue weighted by molar-refractivity contribution is 0.339. The van der Waals surface area contributed by atoms with Crippen molar-refractivity contribution in [2.75, 3.05) is 7.11 Å². The molecule has 0 aliphatic heterocycles. The molecule has 0 spiro atoms. The average molecular weight is 1890 g/mol. The molecular weight excluding hydrogens is 1730 g/mol. The normalized spacial score (nSPS) is 25.6. The van der Waals surface area contributed by atoms with E-state index in [0.29, 0.717) is 88.8 Å². The number of methoxy groups -OCH3 is 1. The van der Waals surface area contributed by atoms with Crippen LogP contribution in [0.25, 0.3) is 0 Å². The Morgan fingerprint density at radius 2 is 0.341 bits per heavy atom. The van der Waals surface area contributed by atoms with E-state index in [2.05, 4.69) is 55.4 Å². The van der Waals surface area contributed by atoms with Gasteiger partial charge in [-0.05, 0) is 335 Å². The average Bonchev–Trinajstić information content (AvgIpc) is 0.806. The van der Waals surface area contributed by atoms with E-state index in [1.807, 2.05) is 56.3 Å². The zero-order chi connectivity index (χ0) is 94.4. The van der Waals surface area contributed by atoms with Gasteiger partial charge in [0.1, 0.15) is 17.5 Å². The lowest BCUT2D eigenvalue weighted by Gasteiger charge is -2.27. The quantitative estimate of drug-likeness (QED) is 0.131. The maximum absolute atomic E-state index is 14.0. The highest BCUT2D eigenvalue weighted by Crippen LogP contribution is 2.47. The van der Waals surface area contributed by atoms with Crippen molar-refractivity contribution in [1.29, 1.82) is 0 Å². The summed E-state index contributed by atoms with van der Waals surface area (Å²) in [6.07, 6.45) is 35.4. The predicted octanol–water partition coefficient (Wildman–Crippen LogP) is 40.3. The Morgan fingerprint density at radius 1 is 0.186 bits per heavy atom. The molecule has 0 unspecified atom stereocenters. The first kappa shape index (κ1) is 107. The fraction of sp³-hybridized carbons (Fsp3) is 0.571. The van der Waals surface area contributed by atoms with Crippen LogP contribution in [0, 0.1) is 166 Å². The maximum Gasteiger partial charge on any atom is 0.183 e. The molecule has 16 rings (SSSR count). The second kappa shape index (κ2) is 51.0. The molecule has 0 saturated heterocycles. The Morgan fingerprint density at radius 3 is 0.543 bits per heavy atom. The molecular formula is C112H160Cl4F12O. The van der Waals surface area contributed by atoms with Crippen LogP contribution < -0.4 is 4.74 Å². The Balaban J connectivity index is 0.000000776. The Kier molecular flexibility index (Phi) is 42.1. The third-order valence-electron chi connectivity index (χ3n) is 30.1. The molecule has 0 amide bonds. The van der Waals surface area contributed by atoms with E-state index in [9.17, 15) is 52.7 Å². The molecule has 0 N–H and O–H groups in total. The van der Waals surface area contributed by atoms with Gasteiger partial charge in [-0.1, -0.05) is 296 Å². The van der Waals surface area contributed by atoms with Crippen molar-refractivity contribution in [2.24, 2.45) is 47.3 Å². The van der Waals surface area contributed by atoms with Gasteiger partial charge < -0.3 is 4.74 Å². The molecule has 0 radical (unpaired) electrons. The fourth-order valence-electron chi connectivity index (χ4n) is 20.4. The molecule has 8 aliphatic rings. The SMILES string of the molecule is COc1ccc(C2CCC(C)CC2)c(Cl)c1F.Cc1ccc(C2CCC(C)CC2)c(Cl)c1F.Cc1ccc(C2CCC(C)CC2)c(F)c1Cl.Cc1ccc(C2CCC(C)CC2)c(F)c1Cl.Cc1ccc(C2CCC(C)CC2)c(F)c1F.Cc1ccc(C2CCC(C)CC2)c(F)c1F.Cc1ccc(C2CCC(C)CC2)c(F)c1F.Cc1ccc(C2CCC(C)CC2)c(F)c1F.[HH].[HH].[HH].[HH].[HH].[HH].[HH].[HH]. The summed E-state index contributed by atoms with van der Waals surface area (Å²) < 4.78 is 169. The van der Waals surface area contributed by atoms with Gasteiger partial charge >= 0.3 is 0 Å². The minimum atomic E-state index is -0.670. The predicted molar refractivity (Wildman–Crippen MR) is 531 cm³/mol. The molecule has 0 heterocycles. The van der Waals surface area contributed by atoms with E-state index in [1.54, 1.807) is 89.2 Å². The topological polar surface area (TPSA) is 9.23 Å². The van der Waals surface area contributed by atoms with Crippen molar-refractivity contribution >= 4 is 46.4 Å². The van der Waals surface area contributed by atoms with Gasteiger partial charge in [0, 0.05) is 11.4 Å². The number of hydrogen-bond acceptors (Lipinski definition) is 1. The van der Waals surface area contributed by atoms with Crippen LogP contribution in [0.2, 0.25) is 20.1 Å². The zero-order valence-electron chi connectivity index (χ0n) is 79.6. The number of halogens is 16. The molecule has 129 heavy (non-hydrogen) atoms. The first-order chi connectivity index (χ1) is 61.3. The molecule has 8 aliphatic carbocycles. The highest BCUT2D eigenvalue weighted by Gasteiger charge is 2.33. The molecule has 8 fully saturated rings. The van der Waals surface area contributed by atoms with E-state index in [4.69, 9.17) is 51.1 Å². The van der Waals surface area contributed by atoms with Crippen molar-refractivity contribution in [3.63, 3.8) is 0 Å². The Labute approximate surface area is 797 Å². The van der Waals surface area contributed by atoms with Gasteiger partial charge in [0.25, 0.3) is 0 Å². The smallest absolute Gasteiger partial charge is 0.183 e. The summed E-state index contributed by atoms with van der Waals surface area (Å²) in [4.78, 5) is 0. The number of hydrogen-bond donors (Lipinski definition) is 0. The van der Waals surface area contributed by atoms with Crippen molar-refractivity contribution in [1.82, 2.24) is 0 Å². The van der Waals surface area contributed by atoms with Gasteiger partial charge in [0.2, 0.25) is 0 Å². The molecule has 8 aromatic rings. The maximum atomic E-state index is 14.0. The van der Waals surface area contributed by atoms with Crippen LogP contribution in [-0.2, 0) is 0 Å². The van der Waals surface area contributed by atoms with Gasteiger partial charge in [0.15, 0.2) is 58.1 Å². The van der Waals surface area contributed by atoms with Gasteiger partial charge in [0.05, 0.1) is 27.2 Å². The highest BCUT2D eigenvalue weighted by molar-refractivity contribution is 6.32. The second-order valence-electron chi connectivity index (χ2n) is 40.3. The van der Waals surface area contributed by atoms with Crippen LogP contribution in [-0.4, -0.2) is 7.11 Å². The Hall–Kier alpha value is -6.12. The van der Waals surface area contributed by atoms with Gasteiger partial charge in [-0.2, -0.15) is 0 Å². The largest absolute Gasteiger partial charge is 0.494 e. The number of benzene rings is 8. The van der Waals surface area contributed by atoms with Crippen LogP contribution in [0.5, 0.6) is 5.75 Å². The molecule has 0 bridgehead atoms. The molecule has 8 aromatic carbocycles.